The van der Waals surface area contributed by atoms with Gasteiger partial charge < -0.3 is 5.84 Å². The zero-order valence-corrected chi connectivity index (χ0v) is 9.57. The lowest BCUT2D eigenvalue weighted by Gasteiger charge is -2.29. The highest BCUT2D eigenvalue weighted by Crippen LogP contribution is 2.19. The number of amidine groups is 1. The van der Waals surface area contributed by atoms with Gasteiger partial charge >= 0.3 is 0 Å². The average molecular weight is 295 g/mol. The molecule has 0 bridgehead atoms. The fourth-order valence-corrected chi connectivity index (χ4v) is 2.15. The van der Waals surface area contributed by atoms with Crippen LogP contribution in [0.3, 0.4) is 0 Å². The molecule has 1 heterocycles. The summed E-state index contributed by atoms with van der Waals surface area (Å²) in [6.07, 6.45) is 2.00. The van der Waals surface area contributed by atoms with Crippen LogP contribution in [0.2, 0.25) is 0 Å². The zero-order chi connectivity index (χ0) is 9.68. The van der Waals surface area contributed by atoms with Gasteiger partial charge in [0.25, 0.3) is 0 Å². The van der Waals surface area contributed by atoms with Gasteiger partial charge in [-0.25, -0.2) is 0 Å². The summed E-state index contributed by atoms with van der Waals surface area (Å²) in [7, 11) is 0. The molecule has 0 atom stereocenters. The average Bonchev–Trinajstić information content (AvgIpc) is 2.18. The van der Waals surface area contributed by atoms with E-state index >= 15 is 0 Å². The van der Waals surface area contributed by atoms with Crippen molar-refractivity contribution in [2.75, 3.05) is 17.6 Å². The van der Waals surface area contributed by atoms with Gasteiger partial charge in [0.15, 0.2) is 0 Å². The molecule has 1 fully saturated rings. The monoisotopic (exact) mass is 295 g/mol. The van der Waals surface area contributed by atoms with Crippen LogP contribution in [0.5, 0.6) is 0 Å². The predicted molar refractivity (Wildman–Crippen MR) is 60.0 cm³/mol. The van der Waals surface area contributed by atoms with Crippen molar-refractivity contribution in [3.8, 4) is 0 Å². The van der Waals surface area contributed by atoms with Gasteiger partial charge in [0.05, 0.1) is 4.55 Å². The normalized spacial score (nSPS) is 21.0. The molecule has 74 valence electrons. The lowest BCUT2D eigenvalue weighted by Crippen LogP contribution is -2.34. The smallest absolute Gasteiger partial charge is 0.148 e. The molecule has 5 nitrogen and oxygen atoms in total. The molecule has 0 spiro atoms. The van der Waals surface area contributed by atoms with Crippen molar-refractivity contribution in [1.29, 1.82) is 5.41 Å². The molecule has 0 unspecified atom stereocenters. The number of rotatable bonds is 2. The lowest BCUT2D eigenvalue weighted by molar-refractivity contribution is 0.246. The van der Waals surface area contributed by atoms with Crippen LogP contribution in [0.4, 0.5) is 0 Å². The first-order valence-electron chi connectivity index (χ1n) is 4.25. The van der Waals surface area contributed by atoms with Crippen molar-refractivity contribution in [3.05, 3.63) is 0 Å². The molecule has 0 radical (unpaired) electrons. The third kappa shape index (κ3) is 3.18. The third-order valence-electron chi connectivity index (χ3n) is 2.31. The van der Waals surface area contributed by atoms with Gasteiger partial charge in [0.1, 0.15) is 5.84 Å². The number of alkyl halides is 1. The summed E-state index contributed by atoms with van der Waals surface area (Å²) in [4.78, 5) is 2.37. The summed E-state index contributed by atoms with van der Waals surface area (Å²) in [5.41, 5.74) is 0. The summed E-state index contributed by atoms with van der Waals surface area (Å²) in [5, 5.41) is 14.2. The van der Waals surface area contributed by atoms with Crippen LogP contribution in [-0.4, -0.2) is 28.4 Å². The molecule has 0 aliphatic carbocycles. The molecular formula is C7H14IN5. The Bertz CT molecular complexity index is 197. The summed E-state index contributed by atoms with van der Waals surface area (Å²) in [6.45, 7) is 2.10. The molecule has 1 aliphatic rings. The van der Waals surface area contributed by atoms with Gasteiger partial charge in [-0.2, -0.15) is 0 Å². The van der Waals surface area contributed by atoms with Gasteiger partial charge in [0.2, 0.25) is 0 Å². The number of nitrogens with zero attached hydrogens (tertiary/aromatic N) is 3. The molecule has 0 aromatic rings. The molecule has 0 aromatic heterocycles. The van der Waals surface area contributed by atoms with E-state index in [0.717, 1.165) is 30.5 Å². The molecule has 0 saturated carbocycles. The van der Waals surface area contributed by atoms with E-state index in [2.05, 4.69) is 37.8 Å². The second-order valence-corrected chi connectivity index (χ2v) is 3.79. The fourth-order valence-electron chi connectivity index (χ4n) is 1.47. The molecule has 1 rings (SSSR count). The van der Waals surface area contributed by atoms with Gasteiger partial charge in [-0.3, -0.25) is 10.3 Å². The highest BCUT2D eigenvalue weighted by atomic mass is 127. The molecule has 13 heavy (non-hydrogen) atoms. The van der Waals surface area contributed by atoms with Crippen molar-refractivity contribution >= 4 is 28.4 Å². The molecule has 1 saturated heterocycles. The second-order valence-electron chi connectivity index (χ2n) is 3.11. The van der Waals surface area contributed by atoms with Gasteiger partial charge in [-0.1, -0.05) is 27.8 Å². The first-order valence-corrected chi connectivity index (χ1v) is 5.78. The van der Waals surface area contributed by atoms with Crippen molar-refractivity contribution in [2.24, 2.45) is 22.1 Å². The maximum Gasteiger partial charge on any atom is 0.148 e. The molecular weight excluding hydrogens is 281 g/mol. The van der Waals surface area contributed by atoms with Crippen LogP contribution in [0.15, 0.2) is 10.3 Å². The van der Waals surface area contributed by atoms with E-state index in [4.69, 9.17) is 11.3 Å². The van der Waals surface area contributed by atoms with Crippen molar-refractivity contribution in [3.63, 3.8) is 0 Å². The van der Waals surface area contributed by atoms with E-state index in [9.17, 15) is 0 Å². The van der Waals surface area contributed by atoms with Crippen molar-refractivity contribution in [2.45, 2.75) is 12.8 Å². The molecule has 3 N–H and O–H groups in total. The Balaban J connectivity index is 2.36. The summed E-state index contributed by atoms with van der Waals surface area (Å²) in [5.74, 6) is 5.48. The minimum absolute atomic E-state index is 0.256. The molecule has 0 amide bonds. The van der Waals surface area contributed by atoms with Crippen molar-refractivity contribution < 1.29 is 0 Å². The van der Waals surface area contributed by atoms with Crippen LogP contribution < -0.4 is 5.84 Å². The predicted octanol–water partition coefficient (Wildman–Crippen LogP) is 1.39. The minimum atomic E-state index is 0.256. The van der Waals surface area contributed by atoms with Gasteiger partial charge in [0, 0.05) is 5.92 Å². The highest BCUT2D eigenvalue weighted by molar-refractivity contribution is 14.1. The Kier molecular flexibility index (Phi) is 4.57. The van der Waals surface area contributed by atoms with E-state index in [1.165, 1.54) is 0 Å². The SMILES string of the molecule is N=C(N=NN)C1CCN(CI)CC1. The summed E-state index contributed by atoms with van der Waals surface area (Å²) < 4.78 is 1.07. The Morgan fingerprint density at radius 3 is 2.62 bits per heavy atom. The number of nitrogens with two attached hydrogens (primary N) is 1. The molecule has 6 heteroatoms. The van der Waals surface area contributed by atoms with E-state index < -0.39 is 0 Å². The van der Waals surface area contributed by atoms with Crippen molar-refractivity contribution in [1.82, 2.24) is 4.90 Å². The van der Waals surface area contributed by atoms with Crippen LogP contribution in [0.25, 0.3) is 0 Å². The van der Waals surface area contributed by atoms with E-state index in [0.29, 0.717) is 5.84 Å². The number of halogens is 1. The van der Waals surface area contributed by atoms with Crippen LogP contribution in [0, 0.1) is 11.3 Å². The Labute approximate surface area is 91.4 Å². The largest absolute Gasteiger partial charge is 0.305 e. The highest BCUT2D eigenvalue weighted by Gasteiger charge is 2.21. The zero-order valence-electron chi connectivity index (χ0n) is 7.41. The molecule has 1 aliphatic heterocycles. The number of nitrogens with one attached hydrogen (secondary N) is 1. The maximum absolute atomic E-state index is 7.55. The van der Waals surface area contributed by atoms with Gasteiger partial charge in [-0.05, 0) is 25.9 Å². The van der Waals surface area contributed by atoms with E-state index in [-0.39, 0.29) is 5.92 Å². The van der Waals surface area contributed by atoms with Crippen LogP contribution >= 0.6 is 22.6 Å². The number of hydrogen-bond acceptors (Lipinski definition) is 3. The first-order chi connectivity index (χ1) is 6.27. The second kappa shape index (κ2) is 5.48. The van der Waals surface area contributed by atoms with E-state index in [1.54, 1.807) is 0 Å². The minimum Gasteiger partial charge on any atom is -0.305 e. The topological polar surface area (TPSA) is 77.8 Å². The lowest BCUT2D eigenvalue weighted by atomic mass is 9.96. The van der Waals surface area contributed by atoms with Gasteiger partial charge in [-0.15, -0.1) is 5.11 Å². The van der Waals surface area contributed by atoms with Crippen LogP contribution in [-0.2, 0) is 0 Å². The van der Waals surface area contributed by atoms with Crippen LogP contribution in [0.1, 0.15) is 12.8 Å². The van der Waals surface area contributed by atoms with E-state index in [1.807, 2.05) is 0 Å². The number of piperidine rings is 1. The maximum atomic E-state index is 7.55. The third-order valence-corrected chi connectivity index (χ3v) is 3.27. The summed E-state index contributed by atoms with van der Waals surface area (Å²) in [6, 6.07) is 0. The number of likely N-dealkylation sites (tertiary alicyclic amines) is 1. The number of hydrogen-bond donors (Lipinski definition) is 2. The fraction of sp³-hybridized carbons (Fsp3) is 0.857. The molecule has 0 aromatic carbocycles. The first kappa shape index (κ1) is 10.8. The Morgan fingerprint density at radius 1 is 1.54 bits per heavy atom. The standard InChI is InChI=1S/C7H14IN5/c8-5-13-3-1-6(2-4-13)7(9)11-12-10/h6H,1-5H2,(H3,9,10,11). The summed E-state index contributed by atoms with van der Waals surface area (Å²) >= 11 is 2.36. The Hall–Kier alpha value is -0.240. The Morgan fingerprint density at radius 2 is 2.15 bits per heavy atom. The quantitative estimate of drug-likeness (QED) is 0.118.